The maximum atomic E-state index is 13.9. The number of benzene rings is 4. The number of carbonyl (C=O) groups is 1. The quantitative estimate of drug-likeness (QED) is 0.127. The largest absolute Gasteiger partial charge is 0.496 e. The Balaban J connectivity index is 0.000000211. The lowest BCUT2D eigenvalue weighted by Crippen LogP contribution is -2.45. The summed E-state index contributed by atoms with van der Waals surface area (Å²) in [5.74, 6) is -0.331. The van der Waals surface area contributed by atoms with Crippen molar-refractivity contribution in [2.45, 2.75) is 64.2 Å². The summed E-state index contributed by atoms with van der Waals surface area (Å²) in [7, 11) is 3.38. The van der Waals surface area contributed by atoms with Crippen LogP contribution in [0, 0.1) is 18.7 Å². The standard InChI is InChI=1S/C25H27NO4.C15H18F4N2/c1-29-22-14-17(16-26-12-5-13-26)15-23(30-2)25(22)21-9-4-7-19-18(10-11-24(27)28)6-3-8-20(19)21;1-8-6-11(7-12(16)13(8)9(2)20)21-14(15(17,18)19)10-4-3-5-10/h3-4,6-9,14-15H,5,10-13,16H2,1-2H3,(H,27,28);6-7,10,14,21H,2-5,20H2,1H3. The molecule has 272 valence electrons. The molecule has 0 amide bonds. The van der Waals surface area contributed by atoms with Gasteiger partial charge in [-0.3, -0.25) is 9.69 Å². The van der Waals surface area contributed by atoms with Crippen LogP contribution in [-0.4, -0.2) is 55.5 Å². The van der Waals surface area contributed by atoms with Gasteiger partial charge in [-0.2, -0.15) is 13.2 Å². The van der Waals surface area contributed by atoms with Gasteiger partial charge in [-0.25, -0.2) is 4.39 Å². The predicted molar refractivity (Wildman–Crippen MR) is 194 cm³/mol. The van der Waals surface area contributed by atoms with Gasteiger partial charge in [0.15, 0.2) is 0 Å². The first kappa shape index (κ1) is 37.5. The lowest BCUT2D eigenvalue weighted by molar-refractivity contribution is -0.159. The second kappa shape index (κ2) is 16.1. The molecule has 7 nitrogen and oxygen atoms in total. The molecule has 1 aliphatic heterocycles. The molecule has 0 aromatic heterocycles. The smallest absolute Gasteiger partial charge is 0.408 e. The first-order valence-electron chi connectivity index (χ1n) is 17.1. The van der Waals surface area contributed by atoms with Gasteiger partial charge in [0, 0.05) is 29.9 Å². The number of anilines is 1. The minimum Gasteiger partial charge on any atom is -0.496 e. The molecule has 51 heavy (non-hydrogen) atoms. The Morgan fingerprint density at radius 3 is 2.18 bits per heavy atom. The van der Waals surface area contributed by atoms with Gasteiger partial charge in [-0.1, -0.05) is 49.4 Å². The topological polar surface area (TPSA) is 97.0 Å². The highest BCUT2D eigenvalue weighted by Crippen LogP contribution is 2.44. The van der Waals surface area contributed by atoms with E-state index in [1.54, 1.807) is 21.1 Å². The molecule has 4 N–H and O–H groups in total. The molecule has 11 heteroatoms. The average Bonchev–Trinajstić information content (AvgIpc) is 3.03. The van der Waals surface area contributed by atoms with Gasteiger partial charge >= 0.3 is 12.1 Å². The minimum atomic E-state index is -4.36. The number of halogens is 4. The highest BCUT2D eigenvalue weighted by atomic mass is 19.4. The van der Waals surface area contributed by atoms with E-state index in [0.29, 0.717) is 24.8 Å². The Morgan fingerprint density at radius 1 is 1.02 bits per heavy atom. The fourth-order valence-electron chi connectivity index (χ4n) is 6.83. The number of hydrogen-bond acceptors (Lipinski definition) is 6. The van der Waals surface area contributed by atoms with Crippen molar-refractivity contribution >= 4 is 28.1 Å². The van der Waals surface area contributed by atoms with E-state index in [1.165, 1.54) is 18.1 Å². The van der Waals surface area contributed by atoms with Crippen molar-refractivity contribution in [3.63, 3.8) is 0 Å². The fourth-order valence-corrected chi connectivity index (χ4v) is 6.83. The van der Waals surface area contributed by atoms with Crippen molar-refractivity contribution in [1.29, 1.82) is 0 Å². The lowest BCUT2D eigenvalue weighted by Gasteiger charge is -2.36. The molecule has 2 fully saturated rings. The maximum absolute atomic E-state index is 13.9. The monoisotopic (exact) mass is 707 g/mol. The molecular formula is C40H45F4N3O4. The van der Waals surface area contributed by atoms with E-state index in [4.69, 9.17) is 20.3 Å². The number of nitrogens with two attached hydrogens (primary N) is 1. The van der Waals surface area contributed by atoms with Crippen LogP contribution < -0.4 is 20.5 Å². The summed E-state index contributed by atoms with van der Waals surface area (Å²) in [6.07, 6.45) is -0.608. The number of aliphatic carboxylic acids is 1. The number of rotatable bonds is 12. The molecule has 1 saturated heterocycles. The van der Waals surface area contributed by atoms with Crippen molar-refractivity contribution < 1.29 is 36.9 Å². The Labute approximate surface area is 296 Å². The zero-order chi connectivity index (χ0) is 36.9. The van der Waals surface area contributed by atoms with Crippen LogP contribution in [-0.2, 0) is 17.8 Å². The second-order valence-corrected chi connectivity index (χ2v) is 13.2. The van der Waals surface area contributed by atoms with E-state index in [9.17, 15) is 22.4 Å². The average molecular weight is 708 g/mol. The molecule has 1 aliphatic carbocycles. The first-order chi connectivity index (χ1) is 24.3. The van der Waals surface area contributed by atoms with Crippen molar-refractivity contribution in [2.24, 2.45) is 11.7 Å². The number of alkyl halides is 3. The van der Waals surface area contributed by atoms with Crippen LogP contribution in [0.3, 0.4) is 0 Å². The van der Waals surface area contributed by atoms with Gasteiger partial charge in [0.25, 0.3) is 0 Å². The van der Waals surface area contributed by atoms with Crippen LogP contribution in [0.2, 0.25) is 0 Å². The highest BCUT2D eigenvalue weighted by molar-refractivity contribution is 6.01. The molecule has 1 atom stereocenters. The summed E-state index contributed by atoms with van der Waals surface area (Å²) in [4.78, 5) is 13.5. The second-order valence-electron chi connectivity index (χ2n) is 13.2. The summed E-state index contributed by atoms with van der Waals surface area (Å²) in [5, 5.41) is 13.6. The molecule has 0 bridgehead atoms. The van der Waals surface area contributed by atoms with Crippen LogP contribution in [0.1, 0.15) is 54.4 Å². The number of ether oxygens (including phenoxy) is 2. The third-order valence-corrected chi connectivity index (χ3v) is 9.71. The van der Waals surface area contributed by atoms with Gasteiger partial charge in [-0.15, -0.1) is 0 Å². The van der Waals surface area contributed by atoms with Crippen LogP contribution in [0.15, 0.2) is 67.2 Å². The number of nitrogens with zero attached hydrogens (tertiary/aromatic N) is 1. The number of aryl methyl sites for hydroxylation is 2. The van der Waals surface area contributed by atoms with Crippen LogP contribution >= 0.6 is 0 Å². The lowest BCUT2D eigenvalue weighted by atomic mass is 9.79. The Bertz CT molecular complexity index is 1840. The number of carboxylic acid groups (broad SMARTS) is 1. The molecule has 1 heterocycles. The van der Waals surface area contributed by atoms with E-state index in [0.717, 1.165) is 71.1 Å². The Kier molecular flexibility index (Phi) is 11.8. The number of methoxy groups -OCH3 is 2. The fraction of sp³-hybridized carbons (Fsp3) is 0.375. The van der Waals surface area contributed by atoms with Crippen molar-refractivity contribution in [3.8, 4) is 22.6 Å². The highest BCUT2D eigenvalue weighted by Gasteiger charge is 2.46. The maximum Gasteiger partial charge on any atom is 0.408 e. The first-order valence-corrected chi connectivity index (χ1v) is 17.1. The number of hydrogen-bond donors (Lipinski definition) is 3. The Morgan fingerprint density at radius 2 is 1.67 bits per heavy atom. The van der Waals surface area contributed by atoms with Crippen molar-refractivity contribution in [3.05, 3.63) is 95.3 Å². The Hall–Kier alpha value is -4.77. The van der Waals surface area contributed by atoms with Gasteiger partial charge in [0.05, 0.1) is 19.8 Å². The summed E-state index contributed by atoms with van der Waals surface area (Å²) >= 11 is 0. The van der Waals surface area contributed by atoms with E-state index >= 15 is 0 Å². The van der Waals surface area contributed by atoms with Crippen LogP contribution in [0.25, 0.3) is 27.6 Å². The molecule has 4 aromatic carbocycles. The summed E-state index contributed by atoms with van der Waals surface area (Å²) in [5.41, 5.74) is 10.4. The molecule has 2 aliphatic rings. The van der Waals surface area contributed by atoms with E-state index in [2.05, 4.69) is 41.1 Å². The van der Waals surface area contributed by atoms with E-state index < -0.39 is 29.9 Å². The predicted octanol–water partition coefficient (Wildman–Crippen LogP) is 8.95. The zero-order valence-electron chi connectivity index (χ0n) is 29.2. The number of nitrogens with one attached hydrogen (secondary N) is 1. The van der Waals surface area contributed by atoms with Crippen molar-refractivity contribution in [2.75, 3.05) is 32.6 Å². The van der Waals surface area contributed by atoms with E-state index in [-0.39, 0.29) is 23.4 Å². The van der Waals surface area contributed by atoms with Gasteiger partial charge < -0.3 is 25.6 Å². The molecule has 0 radical (unpaired) electrons. The van der Waals surface area contributed by atoms with E-state index in [1.807, 2.05) is 24.3 Å². The summed E-state index contributed by atoms with van der Waals surface area (Å²) in [6.45, 7) is 8.21. The van der Waals surface area contributed by atoms with Crippen molar-refractivity contribution in [1.82, 2.24) is 4.90 Å². The third-order valence-electron chi connectivity index (χ3n) is 9.71. The van der Waals surface area contributed by atoms with Gasteiger partial charge in [0.2, 0.25) is 0 Å². The summed E-state index contributed by atoms with van der Waals surface area (Å²) in [6, 6.07) is 17.2. The summed E-state index contributed by atoms with van der Waals surface area (Å²) < 4.78 is 64.8. The molecule has 4 aromatic rings. The third kappa shape index (κ3) is 8.76. The SMILES string of the molecule is C=C(N)c1c(C)cc(NC(C2CCC2)C(F)(F)F)cc1F.COc1cc(CN2CCC2)cc(OC)c1-c1cccc2c(CCC(=O)O)cccc12. The molecular weight excluding hydrogens is 662 g/mol. The normalized spacial score (nSPS) is 15.2. The molecule has 1 unspecified atom stereocenters. The number of carboxylic acids is 1. The number of likely N-dealkylation sites (tertiary alicyclic amines) is 1. The van der Waals surface area contributed by atoms with Crippen LogP contribution in [0.4, 0.5) is 23.2 Å². The molecule has 1 saturated carbocycles. The van der Waals surface area contributed by atoms with Gasteiger partial charge in [0.1, 0.15) is 23.4 Å². The number of fused-ring (bicyclic) bond motifs is 1. The molecule has 6 rings (SSSR count). The van der Waals surface area contributed by atoms with Gasteiger partial charge in [-0.05, 0) is 109 Å². The van der Waals surface area contributed by atoms with Crippen LogP contribution in [0.5, 0.6) is 11.5 Å². The zero-order valence-corrected chi connectivity index (χ0v) is 29.2. The molecule has 0 spiro atoms. The minimum absolute atomic E-state index is 0.0583.